The van der Waals surface area contributed by atoms with E-state index in [1.54, 1.807) is 38.1 Å². The molecule has 0 saturated carbocycles. The zero-order valence-corrected chi connectivity index (χ0v) is 15.2. The molecule has 5 nitrogen and oxygen atoms in total. The lowest BCUT2D eigenvalue weighted by Crippen LogP contribution is -2.32. The number of hydrogen-bond donors (Lipinski definition) is 2. The summed E-state index contributed by atoms with van der Waals surface area (Å²) in [5, 5.41) is 0.383. The Morgan fingerprint density at radius 3 is 2.56 bits per heavy atom. The van der Waals surface area contributed by atoms with Crippen molar-refractivity contribution in [3.63, 3.8) is 0 Å². The van der Waals surface area contributed by atoms with Crippen LogP contribution in [0.5, 0.6) is 5.75 Å². The molecule has 2 aromatic rings. The van der Waals surface area contributed by atoms with Gasteiger partial charge in [0.25, 0.3) is 0 Å². The van der Waals surface area contributed by atoms with Gasteiger partial charge in [-0.1, -0.05) is 11.6 Å². The van der Waals surface area contributed by atoms with Crippen LogP contribution in [-0.4, -0.2) is 19.9 Å². The molecule has 0 fully saturated rings. The second kappa shape index (κ2) is 6.74. The van der Waals surface area contributed by atoms with E-state index >= 15 is 0 Å². The lowest BCUT2D eigenvalue weighted by Gasteiger charge is -2.31. The number of halogens is 2. The Morgan fingerprint density at radius 1 is 1.24 bits per heavy atom. The zero-order valence-electron chi connectivity index (χ0n) is 13.5. The molecule has 132 valence electrons. The van der Waals surface area contributed by atoms with E-state index in [-0.39, 0.29) is 12.4 Å². The molecule has 1 heterocycles. The van der Waals surface area contributed by atoms with Crippen LogP contribution in [0.1, 0.15) is 30.5 Å². The zero-order chi connectivity index (χ0) is 18.2. The van der Waals surface area contributed by atoms with E-state index in [1.165, 1.54) is 12.1 Å². The molecule has 0 atom stereocenters. The minimum atomic E-state index is -2.71. The lowest BCUT2D eigenvalue weighted by molar-refractivity contribution is 0.115. The van der Waals surface area contributed by atoms with Gasteiger partial charge in [-0.15, -0.1) is 0 Å². The first kappa shape index (κ1) is 17.8. The van der Waals surface area contributed by atoms with Gasteiger partial charge in [-0.05, 0) is 55.8 Å². The Morgan fingerprint density at radius 2 is 1.92 bits per heavy atom. The minimum absolute atomic E-state index is 0.110. The van der Waals surface area contributed by atoms with Gasteiger partial charge in [0.15, 0.2) is 5.72 Å². The number of fused-ring (bicyclic) bond motifs is 1. The second-order valence-corrected chi connectivity index (χ2v) is 7.30. The van der Waals surface area contributed by atoms with Gasteiger partial charge < -0.3 is 4.74 Å². The number of hydrogen-bond acceptors (Lipinski definition) is 4. The summed E-state index contributed by atoms with van der Waals surface area (Å²) < 4.78 is 42.9. The number of rotatable bonds is 4. The summed E-state index contributed by atoms with van der Waals surface area (Å²) in [6.45, 7) is 3.71. The van der Waals surface area contributed by atoms with E-state index in [1.807, 2.05) is 0 Å². The van der Waals surface area contributed by atoms with Crippen LogP contribution in [0.3, 0.4) is 0 Å². The lowest BCUT2D eigenvalue weighted by atomic mass is 9.97. The van der Waals surface area contributed by atoms with Crippen LogP contribution in [0.25, 0.3) is 0 Å². The highest BCUT2D eigenvalue weighted by atomic mass is 35.5. The van der Waals surface area contributed by atoms with Crippen molar-refractivity contribution >= 4 is 28.2 Å². The van der Waals surface area contributed by atoms with Crippen molar-refractivity contribution in [3.05, 3.63) is 63.9 Å². The van der Waals surface area contributed by atoms with Crippen molar-refractivity contribution in [3.8, 4) is 5.75 Å². The van der Waals surface area contributed by atoms with Crippen molar-refractivity contribution in [1.82, 2.24) is 4.72 Å². The van der Waals surface area contributed by atoms with E-state index in [2.05, 4.69) is 9.71 Å². The Hall–Kier alpha value is -1.96. The molecule has 1 aliphatic rings. The average Bonchev–Trinajstić information content (AvgIpc) is 2.51. The predicted molar refractivity (Wildman–Crippen MR) is 95.4 cm³/mol. The average molecular weight is 383 g/mol. The van der Waals surface area contributed by atoms with Crippen molar-refractivity contribution in [2.75, 3.05) is 0 Å². The first-order chi connectivity index (χ1) is 11.7. The van der Waals surface area contributed by atoms with E-state index in [0.717, 1.165) is 5.56 Å². The summed E-state index contributed by atoms with van der Waals surface area (Å²) >= 11 is 6.42. The smallest absolute Gasteiger partial charge is 0.201 e. The van der Waals surface area contributed by atoms with Crippen LogP contribution in [-0.2, 0) is 17.4 Å². The predicted octanol–water partition coefficient (Wildman–Crippen LogP) is 3.06. The molecule has 0 radical (unpaired) electrons. The third kappa shape index (κ3) is 4.00. The molecule has 0 spiro atoms. The number of nitrogens with one attached hydrogen (secondary N) is 1. The highest BCUT2D eigenvalue weighted by Gasteiger charge is 2.30. The van der Waals surface area contributed by atoms with E-state index < -0.39 is 16.6 Å². The normalized spacial score (nSPS) is 15.5. The van der Waals surface area contributed by atoms with Gasteiger partial charge in [-0.2, -0.15) is 0 Å². The third-order valence-corrected chi connectivity index (χ3v) is 4.34. The number of nitrogens with zero attached hydrogens (tertiary/aromatic N) is 1. The van der Waals surface area contributed by atoms with Crippen LogP contribution in [0, 0.1) is 5.82 Å². The molecule has 2 aromatic carbocycles. The maximum atomic E-state index is 13.2. The summed E-state index contributed by atoms with van der Waals surface area (Å²) in [5.41, 5.74) is 1.75. The van der Waals surface area contributed by atoms with Gasteiger partial charge in [0.1, 0.15) is 11.6 Å². The molecule has 1 aliphatic heterocycles. The molecule has 0 amide bonds. The van der Waals surface area contributed by atoms with Crippen LogP contribution in [0.15, 0.2) is 41.4 Å². The van der Waals surface area contributed by atoms with Crippen LogP contribution < -0.4 is 9.46 Å². The molecule has 0 saturated heterocycles. The molecule has 0 bridgehead atoms. The maximum absolute atomic E-state index is 13.2. The van der Waals surface area contributed by atoms with Crippen molar-refractivity contribution < 1.29 is 17.5 Å². The van der Waals surface area contributed by atoms with Crippen molar-refractivity contribution in [2.24, 2.45) is 4.99 Å². The Labute approximate surface area is 151 Å². The maximum Gasteiger partial charge on any atom is 0.201 e. The number of thiol groups is 1. The molecule has 0 aromatic heterocycles. The minimum Gasteiger partial charge on any atom is -0.466 e. The summed E-state index contributed by atoms with van der Waals surface area (Å²) in [6, 6.07) is 9.37. The summed E-state index contributed by atoms with van der Waals surface area (Å²) in [5.74, 6) is 0.167. The fourth-order valence-electron chi connectivity index (χ4n) is 2.64. The molecule has 3 rings (SSSR count). The van der Waals surface area contributed by atoms with Crippen molar-refractivity contribution in [2.45, 2.75) is 26.1 Å². The summed E-state index contributed by atoms with van der Waals surface area (Å²) in [7, 11) is -2.71. The second-order valence-electron chi connectivity index (χ2n) is 6.06. The Kier molecular flexibility index (Phi) is 4.81. The first-order valence-corrected chi connectivity index (χ1v) is 9.06. The van der Waals surface area contributed by atoms with Crippen LogP contribution in [0.4, 0.5) is 4.39 Å². The monoisotopic (exact) mass is 382 g/mol. The molecule has 8 heteroatoms. The third-order valence-electron chi connectivity index (χ3n) is 3.62. The van der Waals surface area contributed by atoms with Gasteiger partial charge in [0.2, 0.25) is 10.9 Å². The quantitative estimate of drug-likeness (QED) is 0.798. The van der Waals surface area contributed by atoms with E-state index in [0.29, 0.717) is 27.6 Å². The van der Waals surface area contributed by atoms with E-state index in [9.17, 15) is 12.8 Å². The first-order valence-electron chi connectivity index (χ1n) is 7.51. The van der Waals surface area contributed by atoms with Gasteiger partial charge in [-0.25, -0.2) is 22.5 Å². The SMILES string of the molecule is CC1(C)N=C(c2ccc(F)cc2)c2c(Cl)cc(CN[SH](=O)=O)cc2O1. The molecule has 1 N–H and O–H groups in total. The number of ether oxygens (including phenoxy) is 1. The van der Waals surface area contributed by atoms with Crippen LogP contribution >= 0.6 is 11.6 Å². The van der Waals surface area contributed by atoms with Gasteiger partial charge in [0.05, 0.1) is 16.3 Å². The van der Waals surface area contributed by atoms with Crippen molar-refractivity contribution in [1.29, 1.82) is 0 Å². The summed E-state index contributed by atoms with van der Waals surface area (Å²) in [4.78, 5) is 4.60. The largest absolute Gasteiger partial charge is 0.466 e. The van der Waals surface area contributed by atoms with Gasteiger partial charge in [-0.3, -0.25) is 0 Å². The number of aliphatic imine (C=N–C) groups is 1. The Bertz CT molecular complexity index is 916. The molecule has 25 heavy (non-hydrogen) atoms. The van der Waals surface area contributed by atoms with Crippen LogP contribution in [0.2, 0.25) is 5.02 Å². The summed E-state index contributed by atoms with van der Waals surface area (Å²) in [6.07, 6.45) is 0. The highest BCUT2D eigenvalue weighted by molar-refractivity contribution is 7.70. The fraction of sp³-hybridized carbons (Fsp3) is 0.235. The highest BCUT2D eigenvalue weighted by Crippen LogP contribution is 2.38. The van der Waals surface area contributed by atoms with E-state index in [4.69, 9.17) is 16.3 Å². The van der Waals surface area contributed by atoms with Gasteiger partial charge in [0, 0.05) is 12.1 Å². The molecule has 0 unspecified atom stereocenters. The number of benzene rings is 2. The van der Waals surface area contributed by atoms with Gasteiger partial charge >= 0.3 is 0 Å². The topological polar surface area (TPSA) is 67.8 Å². The standard InChI is InChI=1S/C17H16ClFN2O3S/c1-17(2)21-16(11-3-5-12(19)6-4-11)15-13(18)7-10(8-14(15)24-17)9-20-25(22)23/h3-8,25H,9H2,1-2H3,(H,20,22,23). The molecular weight excluding hydrogens is 367 g/mol. The fourth-order valence-corrected chi connectivity index (χ4v) is 3.27. The molecular formula is C17H16ClFN2O3S. The molecule has 0 aliphatic carbocycles. The Balaban J connectivity index is 2.10.